The lowest BCUT2D eigenvalue weighted by Crippen LogP contribution is -2.34. The number of amides is 2. The second-order valence-corrected chi connectivity index (χ2v) is 5.70. The third kappa shape index (κ3) is 5.03. The minimum atomic E-state index is -0.163. The first-order valence-corrected chi connectivity index (χ1v) is 7.99. The average molecular weight is 322 g/mol. The molecular weight excluding hydrogens is 296 g/mol. The van der Waals surface area contributed by atoms with Crippen molar-refractivity contribution >= 4 is 11.7 Å². The molecule has 0 bridgehead atoms. The molecule has 1 saturated heterocycles. The molecule has 0 spiro atoms. The number of ether oxygens (including phenoxy) is 3. The van der Waals surface area contributed by atoms with E-state index in [1.165, 1.54) is 6.42 Å². The number of nitrogens with zero attached hydrogens (tertiary/aromatic N) is 1. The highest BCUT2D eigenvalue weighted by molar-refractivity contribution is 5.91. The van der Waals surface area contributed by atoms with Gasteiger partial charge in [-0.2, -0.15) is 0 Å². The van der Waals surface area contributed by atoms with Crippen LogP contribution in [0.25, 0.3) is 0 Å². The normalized spacial score (nSPS) is 17.4. The van der Waals surface area contributed by atoms with Crippen molar-refractivity contribution in [3.63, 3.8) is 0 Å². The molecule has 6 heteroatoms. The quantitative estimate of drug-likeness (QED) is 0.874. The number of anilines is 1. The molecule has 1 aromatic rings. The number of rotatable bonds is 6. The average Bonchev–Trinajstić information content (AvgIpc) is 2.60. The predicted octanol–water partition coefficient (Wildman–Crippen LogP) is 3.13. The summed E-state index contributed by atoms with van der Waals surface area (Å²) < 4.78 is 16.1. The van der Waals surface area contributed by atoms with Crippen molar-refractivity contribution in [3.05, 3.63) is 18.2 Å². The van der Waals surface area contributed by atoms with E-state index in [9.17, 15) is 4.79 Å². The van der Waals surface area contributed by atoms with Gasteiger partial charge in [0.05, 0.1) is 26.0 Å². The summed E-state index contributed by atoms with van der Waals surface area (Å²) in [5.41, 5.74) is 0.624. The van der Waals surface area contributed by atoms with Crippen molar-refractivity contribution in [1.29, 1.82) is 0 Å². The van der Waals surface area contributed by atoms with Gasteiger partial charge in [0.1, 0.15) is 11.5 Å². The number of hydrogen-bond donors (Lipinski definition) is 1. The molecule has 6 nitrogen and oxygen atoms in total. The van der Waals surface area contributed by atoms with Crippen LogP contribution in [-0.2, 0) is 4.74 Å². The van der Waals surface area contributed by atoms with Crippen LogP contribution < -0.4 is 14.8 Å². The van der Waals surface area contributed by atoms with E-state index in [4.69, 9.17) is 14.2 Å². The van der Waals surface area contributed by atoms with E-state index in [-0.39, 0.29) is 12.1 Å². The molecule has 0 unspecified atom stereocenters. The molecule has 2 amide bonds. The molecule has 0 aromatic heterocycles. The van der Waals surface area contributed by atoms with E-state index in [0.717, 1.165) is 25.9 Å². The minimum Gasteiger partial charge on any atom is -0.497 e. The Bertz CT molecular complexity index is 515. The number of methoxy groups -OCH3 is 2. The Morgan fingerprint density at radius 3 is 2.83 bits per heavy atom. The molecule has 23 heavy (non-hydrogen) atoms. The second-order valence-electron chi connectivity index (χ2n) is 5.70. The van der Waals surface area contributed by atoms with Crippen LogP contribution in [0, 0.1) is 0 Å². The van der Waals surface area contributed by atoms with Crippen molar-refractivity contribution < 1.29 is 19.0 Å². The van der Waals surface area contributed by atoms with Crippen LogP contribution in [0.15, 0.2) is 18.2 Å². The summed E-state index contributed by atoms with van der Waals surface area (Å²) in [6.07, 6.45) is 4.58. The summed E-state index contributed by atoms with van der Waals surface area (Å²) in [7, 11) is 4.94. The zero-order valence-corrected chi connectivity index (χ0v) is 14.1. The standard InChI is InChI=1S/C17H26N2O4/c1-19(10-9-13-6-4-5-11-23-13)17(20)18-15-8-7-14(21-2)12-16(15)22-3/h7-8,12-13H,4-6,9-11H2,1-3H3,(H,18,20)/t13-/m1/s1. The Balaban J connectivity index is 1.87. The number of nitrogens with one attached hydrogen (secondary N) is 1. The van der Waals surface area contributed by atoms with Crippen molar-refractivity contribution in [2.45, 2.75) is 31.8 Å². The predicted molar refractivity (Wildman–Crippen MR) is 89.4 cm³/mol. The largest absolute Gasteiger partial charge is 0.497 e. The maximum absolute atomic E-state index is 12.3. The lowest BCUT2D eigenvalue weighted by atomic mass is 10.1. The lowest BCUT2D eigenvalue weighted by Gasteiger charge is -2.25. The molecule has 1 aliphatic rings. The molecule has 128 valence electrons. The molecule has 1 N–H and O–H groups in total. The fourth-order valence-corrected chi connectivity index (χ4v) is 2.59. The van der Waals surface area contributed by atoms with Gasteiger partial charge in [0.2, 0.25) is 0 Å². The number of hydrogen-bond acceptors (Lipinski definition) is 4. The van der Waals surface area contributed by atoms with Crippen LogP contribution >= 0.6 is 0 Å². The van der Waals surface area contributed by atoms with Crippen LogP contribution in [0.1, 0.15) is 25.7 Å². The maximum Gasteiger partial charge on any atom is 0.321 e. The number of benzene rings is 1. The van der Waals surface area contributed by atoms with Crippen LogP contribution in [0.3, 0.4) is 0 Å². The summed E-state index contributed by atoms with van der Waals surface area (Å²) in [6, 6.07) is 5.14. The number of carbonyl (C=O) groups excluding carboxylic acids is 1. The molecule has 0 saturated carbocycles. The van der Waals surface area contributed by atoms with Gasteiger partial charge in [-0.05, 0) is 37.8 Å². The molecule has 1 aliphatic heterocycles. The Morgan fingerprint density at radius 2 is 2.17 bits per heavy atom. The van der Waals surface area contributed by atoms with E-state index < -0.39 is 0 Å². The zero-order chi connectivity index (χ0) is 16.7. The van der Waals surface area contributed by atoms with Crippen LogP contribution in [0.4, 0.5) is 10.5 Å². The van der Waals surface area contributed by atoms with Crippen molar-refractivity contribution in [1.82, 2.24) is 4.90 Å². The smallest absolute Gasteiger partial charge is 0.321 e. The van der Waals surface area contributed by atoms with Gasteiger partial charge in [-0.25, -0.2) is 4.79 Å². The van der Waals surface area contributed by atoms with Crippen molar-refractivity contribution in [3.8, 4) is 11.5 Å². The molecule has 1 atom stereocenters. The van der Waals surface area contributed by atoms with Gasteiger partial charge in [0, 0.05) is 26.3 Å². The van der Waals surface area contributed by atoms with Gasteiger partial charge in [-0.1, -0.05) is 0 Å². The van der Waals surface area contributed by atoms with E-state index >= 15 is 0 Å². The molecule has 1 fully saturated rings. The molecule has 0 aliphatic carbocycles. The number of carbonyl (C=O) groups is 1. The molecule has 1 aromatic carbocycles. The van der Waals surface area contributed by atoms with Crippen molar-refractivity contribution in [2.24, 2.45) is 0 Å². The van der Waals surface area contributed by atoms with Gasteiger partial charge >= 0.3 is 6.03 Å². The maximum atomic E-state index is 12.3. The van der Waals surface area contributed by atoms with Crippen LogP contribution in [-0.4, -0.2) is 51.5 Å². The van der Waals surface area contributed by atoms with E-state index in [0.29, 0.717) is 23.7 Å². The van der Waals surface area contributed by atoms with Crippen LogP contribution in [0.5, 0.6) is 11.5 Å². The van der Waals surface area contributed by atoms with E-state index in [1.54, 1.807) is 44.4 Å². The summed E-state index contributed by atoms with van der Waals surface area (Å²) >= 11 is 0. The Hall–Kier alpha value is -1.95. The fraction of sp³-hybridized carbons (Fsp3) is 0.588. The Morgan fingerprint density at radius 1 is 1.35 bits per heavy atom. The third-order valence-corrected chi connectivity index (χ3v) is 4.06. The van der Waals surface area contributed by atoms with Gasteiger partial charge in [-0.15, -0.1) is 0 Å². The summed E-state index contributed by atoms with van der Waals surface area (Å²) in [4.78, 5) is 14.0. The second kappa shape index (κ2) is 8.62. The Kier molecular flexibility index (Phi) is 6.52. The van der Waals surface area contributed by atoms with Gasteiger partial charge in [0.25, 0.3) is 0 Å². The van der Waals surface area contributed by atoms with Gasteiger partial charge in [-0.3, -0.25) is 0 Å². The summed E-state index contributed by atoms with van der Waals surface area (Å²) in [6.45, 7) is 1.50. The first kappa shape index (κ1) is 17.4. The van der Waals surface area contributed by atoms with Crippen LogP contribution in [0.2, 0.25) is 0 Å². The first-order valence-electron chi connectivity index (χ1n) is 7.99. The monoisotopic (exact) mass is 322 g/mol. The first-order chi connectivity index (χ1) is 11.1. The van der Waals surface area contributed by atoms with Gasteiger partial charge < -0.3 is 24.4 Å². The topological polar surface area (TPSA) is 60.0 Å². The summed E-state index contributed by atoms with van der Waals surface area (Å²) in [5, 5.41) is 2.87. The summed E-state index contributed by atoms with van der Waals surface area (Å²) in [5.74, 6) is 1.25. The minimum absolute atomic E-state index is 0.163. The molecule has 1 heterocycles. The highest BCUT2D eigenvalue weighted by Gasteiger charge is 2.17. The van der Waals surface area contributed by atoms with Gasteiger partial charge in [0.15, 0.2) is 0 Å². The zero-order valence-electron chi connectivity index (χ0n) is 14.1. The molecule has 0 radical (unpaired) electrons. The highest BCUT2D eigenvalue weighted by atomic mass is 16.5. The fourth-order valence-electron chi connectivity index (χ4n) is 2.59. The van der Waals surface area contributed by atoms with E-state index in [2.05, 4.69) is 5.32 Å². The third-order valence-electron chi connectivity index (χ3n) is 4.06. The van der Waals surface area contributed by atoms with Crippen molar-refractivity contribution in [2.75, 3.05) is 39.7 Å². The molecule has 2 rings (SSSR count). The molecular formula is C17H26N2O4. The van der Waals surface area contributed by atoms with E-state index in [1.807, 2.05) is 0 Å². The highest BCUT2D eigenvalue weighted by Crippen LogP contribution is 2.29. The Labute approximate surface area is 137 Å². The lowest BCUT2D eigenvalue weighted by molar-refractivity contribution is 0.00848. The number of urea groups is 1. The SMILES string of the molecule is COc1ccc(NC(=O)N(C)CC[C@H]2CCCCO2)c(OC)c1.